The zero-order valence-electron chi connectivity index (χ0n) is 14.7. The Hall–Kier alpha value is -2.83. The number of aromatic nitrogens is 2. The van der Waals surface area contributed by atoms with Crippen LogP contribution in [0, 0.1) is 0 Å². The van der Waals surface area contributed by atoms with E-state index < -0.39 is 6.04 Å². The largest absolute Gasteiger partial charge is 0.497 e. The predicted molar refractivity (Wildman–Crippen MR) is 91.6 cm³/mol. The Labute approximate surface area is 146 Å². The summed E-state index contributed by atoms with van der Waals surface area (Å²) in [5, 5.41) is 4.11. The Balaban J connectivity index is 1.68. The maximum atomic E-state index is 12.7. The van der Waals surface area contributed by atoms with Crippen LogP contribution in [0.1, 0.15) is 18.1 Å². The molecule has 1 aromatic heterocycles. The molecule has 0 radical (unpaired) electrons. The second kappa shape index (κ2) is 6.96. The molecule has 2 heterocycles. The van der Waals surface area contributed by atoms with Gasteiger partial charge in [-0.15, -0.1) is 0 Å². The van der Waals surface area contributed by atoms with Crippen LogP contribution in [0.5, 0.6) is 5.75 Å². The second-order valence-corrected chi connectivity index (χ2v) is 6.26. The highest BCUT2D eigenvalue weighted by Crippen LogP contribution is 2.19. The number of rotatable bonds is 5. The first-order chi connectivity index (χ1) is 12.0. The minimum atomic E-state index is -0.486. The van der Waals surface area contributed by atoms with Crippen molar-refractivity contribution >= 4 is 11.8 Å². The number of amides is 2. The summed E-state index contributed by atoms with van der Waals surface area (Å²) in [5.74, 6) is 0.671. The van der Waals surface area contributed by atoms with E-state index in [1.807, 2.05) is 37.5 Å². The third-order valence-electron chi connectivity index (χ3n) is 4.43. The highest BCUT2D eigenvalue weighted by Gasteiger charge is 2.36. The lowest BCUT2D eigenvalue weighted by Gasteiger charge is -2.38. The van der Waals surface area contributed by atoms with Gasteiger partial charge in [0.15, 0.2) is 0 Å². The smallest absolute Gasteiger partial charge is 0.245 e. The molecule has 0 N–H and O–H groups in total. The average molecular weight is 342 g/mol. The standard InChI is InChI=1S/C18H22N4O3/c1-13-18(24)21(10-14-4-6-16(25-3)7-5-14)12-17(23)22(13)11-15-8-19-20(2)9-15/h4-9,13H,10-12H2,1-3H3/t13-/m0/s1. The van der Waals surface area contributed by atoms with E-state index in [2.05, 4.69) is 5.10 Å². The lowest BCUT2D eigenvalue weighted by molar-refractivity contribution is -0.156. The minimum Gasteiger partial charge on any atom is -0.497 e. The van der Waals surface area contributed by atoms with Crippen LogP contribution in [0.2, 0.25) is 0 Å². The molecule has 3 rings (SSSR count). The van der Waals surface area contributed by atoms with E-state index >= 15 is 0 Å². The molecule has 2 amide bonds. The molecule has 2 aromatic rings. The van der Waals surface area contributed by atoms with Crippen LogP contribution in [0.4, 0.5) is 0 Å². The normalized spacial score (nSPS) is 18.0. The van der Waals surface area contributed by atoms with Crippen molar-refractivity contribution in [3.05, 3.63) is 47.8 Å². The van der Waals surface area contributed by atoms with Crippen molar-refractivity contribution in [3.8, 4) is 5.75 Å². The lowest BCUT2D eigenvalue weighted by Crippen LogP contribution is -2.57. The van der Waals surface area contributed by atoms with E-state index in [0.29, 0.717) is 13.1 Å². The van der Waals surface area contributed by atoms with Gasteiger partial charge in [-0.2, -0.15) is 5.10 Å². The molecular formula is C18H22N4O3. The highest BCUT2D eigenvalue weighted by molar-refractivity contribution is 5.94. The molecule has 0 unspecified atom stereocenters. The van der Waals surface area contributed by atoms with Crippen LogP contribution in [0.15, 0.2) is 36.7 Å². The average Bonchev–Trinajstić information content (AvgIpc) is 3.02. The number of hydrogen-bond acceptors (Lipinski definition) is 4. The molecule has 1 saturated heterocycles. The monoisotopic (exact) mass is 342 g/mol. The Morgan fingerprint density at radius 1 is 1.16 bits per heavy atom. The van der Waals surface area contributed by atoms with Gasteiger partial charge in [0.25, 0.3) is 0 Å². The summed E-state index contributed by atoms with van der Waals surface area (Å²) >= 11 is 0. The summed E-state index contributed by atoms with van der Waals surface area (Å²) in [6, 6.07) is 7.03. The molecule has 0 saturated carbocycles. The van der Waals surface area contributed by atoms with Gasteiger partial charge in [-0.1, -0.05) is 12.1 Å². The van der Waals surface area contributed by atoms with E-state index in [0.717, 1.165) is 16.9 Å². The van der Waals surface area contributed by atoms with Crippen molar-refractivity contribution in [2.24, 2.45) is 7.05 Å². The van der Waals surface area contributed by atoms with Gasteiger partial charge in [0.05, 0.1) is 13.3 Å². The summed E-state index contributed by atoms with van der Waals surface area (Å²) < 4.78 is 6.83. The van der Waals surface area contributed by atoms with Crippen LogP contribution < -0.4 is 4.74 Å². The number of carbonyl (C=O) groups excluding carboxylic acids is 2. The quantitative estimate of drug-likeness (QED) is 0.818. The van der Waals surface area contributed by atoms with Crippen LogP contribution in [0.25, 0.3) is 0 Å². The molecule has 7 heteroatoms. The number of hydrogen-bond donors (Lipinski definition) is 0. The Morgan fingerprint density at radius 3 is 2.48 bits per heavy atom. The number of aryl methyl sites for hydroxylation is 1. The van der Waals surface area contributed by atoms with E-state index in [9.17, 15) is 9.59 Å². The predicted octanol–water partition coefficient (Wildman–Crippen LogP) is 1.19. The number of benzene rings is 1. The molecule has 25 heavy (non-hydrogen) atoms. The lowest BCUT2D eigenvalue weighted by atomic mass is 10.1. The third kappa shape index (κ3) is 3.65. The molecule has 1 aliphatic rings. The fourth-order valence-corrected chi connectivity index (χ4v) is 3.01. The van der Waals surface area contributed by atoms with Gasteiger partial charge in [0, 0.05) is 31.9 Å². The fourth-order valence-electron chi connectivity index (χ4n) is 3.01. The molecule has 0 bridgehead atoms. The van der Waals surface area contributed by atoms with Crippen LogP contribution in [-0.2, 0) is 29.7 Å². The Bertz CT molecular complexity index is 769. The Kier molecular flexibility index (Phi) is 4.74. The third-order valence-corrected chi connectivity index (χ3v) is 4.43. The molecule has 1 atom stereocenters. The maximum absolute atomic E-state index is 12.7. The summed E-state index contributed by atoms with van der Waals surface area (Å²) in [4.78, 5) is 28.5. The first kappa shape index (κ1) is 17.0. The first-order valence-corrected chi connectivity index (χ1v) is 8.16. The molecule has 1 fully saturated rings. The van der Waals surface area contributed by atoms with Gasteiger partial charge in [-0.3, -0.25) is 14.3 Å². The minimum absolute atomic E-state index is 0.0423. The zero-order chi connectivity index (χ0) is 18.0. The number of nitrogens with zero attached hydrogens (tertiary/aromatic N) is 4. The van der Waals surface area contributed by atoms with Gasteiger partial charge in [0.2, 0.25) is 11.8 Å². The topological polar surface area (TPSA) is 67.7 Å². The summed E-state index contributed by atoms with van der Waals surface area (Å²) in [6.45, 7) is 2.68. The highest BCUT2D eigenvalue weighted by atomic mass is 16.5. The van der Waals surface area contributed by atoms with Crippen molar-refractivity contribution in [1.82, 2.24) is 19.6 Å². The second-order valence-electron chi connectivity index (χ2n) is 6.26. The molecule has 132 valence electrons. The van der Waals surface area contributed by atoms with Gasteiger partial charge < -0.3 is 14.5 Å². The molecule has 1 aliphatic heterocycles. The number of ether oxygens (including phenoxy) is 1. The van der Waals surface area contributed by atoms with Crippen molar-refractivity contribution in [2.75, 3.05) is 13.7 Å². The Morgan fingerprint density at radius 2 is 1.88 bits per heavy atom. The molecular weight excluding hydrogens is 320 g/mol. The maximum Gasteiger partial charge on any atom is 0.245 e. The molecule has 0 aliphatic carbocycles. The van der Waals surface area contributed by atoms with Crippen molar-refractivity contribution < 1.29 is 14.3 Å². The molecule has 0 spiro atoms. The van der Waals surface area contributed by atoms with Crippen LogP contribution in [-0.4, -0.2) is 51.1 Å². The van der Waals surface area contributed by atoms with E-state index in [1.165, 1.54) is 0 Å². The number of piperazine rings is 1. The SMILES string of the molecule is COc1ccc(CN2CC(=O)N(Cc3cnn(C)c3)[C@@H](C)C2=O)cc1. The summed E-state index contributed by atoms with van der Waals surface area (Å²) in [5.41, 5.74) is 1.88. The fraction of sp³-hybridized carbons (Fsp3) is 0.389. The van der Waals surface area contributed by atoms with E-state index in [-0.39, 0.29) is 18.4 Å². The van der Waals surface area contributed by atoms with Crippen molar-refractivity contribution in [2.45, 2.75) is 26.1 Å². The summed E-state index contributed by atoms with van der Waals surface area (Å²) in [7, 11) is 3.44. The van der Waals surface area contributed by atoms with E-state index in [1.54, 1.807) is 34.7 Å². The van der Waals surface area contributed by atoms with Crippen molar-refractivity contribution in [1.29, 1.82) is 0 Å². The van der Waals surface area contributed by atoms with Crippen molar-refractivity contribution in [3.63, 3.8) is 0 Å². The van der Waals surface area contributed by atoms with Gasteiger partial charge in [-0.05, 0) is 24.6 Å². The van der Waals surface area contributed by atoms with Crippen LogP contribution >= 0.6 is 0 Å². The van der Waals surface area contributed by atoms with Gasteiger partial charge >= 0.3 is 0 Å². The molecule has 1 aromatic carbocycles. The van der Waals surface area contributed by atoms with E-state index in [4.69, 9.17) is 4.74 Å². The van der Waals surface area contributed by atoms with Gasteiger partial charge in [0.1, 0.15) is 18.3 Å². The molecule has 7 nitrogen and oxygen atoms in total. The zero-order valence-corrected chi connectivity index (χ0v) is 14.7. The first-order valence-electron chi connectivity index (χ1n) is 8.16. The number of methoxy groups -OCH3 is 1. The summed E-state index contributed by atoms with van der Waals surface area (Å²) in [6.07, 6.45) is 3.57. The van der Waals surface area contributed by atoms with Crippen LogP contribution in [0.3, 0.4) is 0 Å². The number of carbonyl (C=O) groups is 2. The van der Waals surface area contributed by atoms with Gasteiger partial charge in [-0.25, -0.2) is 0 Å².